The van der Waals surface area contributed by atoms with Crippen LogP contribution in [-0.4, -0.2) is 17.3 Å². The molecule has 4 nitrogen and oxygen atoms in total. The predicted molar refractivity (Wildman–Crippen MR) is 103 cm³/mol. The van der Waals surface area contributed by atoms with Gasteiger partial charge in [0.1, 0.15) is 0 Å². The molecule has 0 saturated carbocycles. The van der Waals surface area contributed by atoms with Crippen LogP contribution in [0.5, 0.6) is 0 Å². The number of sulfonamides is 1. The molecule has 0 bridgehead atoms. The Hall–Kier alpha value is -1.60. The van der Waals surface area contributed by atoms with Crippen LogP contribution in [0.2, 0.25) is 5.02 Å². The van der Waals surface area contributed by atoms with E-state index in [9.17, 15) is 8.42 Å². The average Bonchev–Trinajstić information content (AvgIpc) is 3.21. The largest absolute Gasteiger partial charge is 0.353 e. The highest BCUT2D eigenvalue weighted by Crippen LogP contribution is 2.23. The second-order valence-electron chi connectivity index (χ2n) is 5.81. The minimum Gasteiger partial charge on any atom is -0.353 e. The quantitative estimate of drug-likeness (QED) is 0.600. The van der Waals surface area contributed by atoms with Crippen molar-refractivity contribution >= 4 is 33.0 Å². The van der Waals surface area contributed by atoms with Gasteiger partial charge in [-0.25, -0.2) is 8.42 Å². The summed E-state index contributed by atoms with van der Waals surface area (Å²) in [6.45, 7) is 0.684. The summed E-state index contributed by atoms with van der Waals surface area (Å²) >= 11 is 7.72. The number of halogens is 1. The van der Waals surface area contributed by atoms with Gasteiger partial charge in [-0.1, -0.05) is 35.9 Å². The van der Waals surface area contributed by atoms with Crippen LogP contribution in [0.3, 0.4) is 0 Å². The first-order valence-electron chi connectivity index (χ1n) is 7.79. The van der Waals surface area contributed by atoms with E-state index < -0.39 is 10.0 Å². The number of aromatic nitrogens is 1. The molecular formula is C18H19ClN2O2S2. The van der Waals surface area contributed by atoms with Gasteiger partial charge in [0.2, 0.25) is 10.0 Å². The maximum Gasteiger partial charge on any atom is 0.219 e. The Kier molecular flexibility index (Phi) is 5.64. The second kappa shape index (κ2) is 7.74. The highest BCUT2D eigenvalue weighted by Gasteiger charge is 2.25. The molecule has 0 N–H and O–H groups in total. The Balaban J connectivity index is 1.89. The van der Waals surface area contributed by atoms with Crippen molar-refractivity contribution in [2.75, 3.05) is 0 Å². The van der Waals surface area contributed by atoms with Crippen molar-refractivity contribution in [1.82, 2.24) is 8.87 Å². The van der Waals surface area contributed by atoms with Crippen LogP contribution in [0, 0.1) is 0 Å². The van der Waals surface area contributed by atoms with E-state index in [2.05, 4.69) is 0 Å². The van der Waals surface area contributed by atoms with Gasteiger partial charge in [0, 0.05) is 35.4 Å². The highest BCUT2D eigenvalue weighted by atomic mass is 35.5. The maximum absolute atomic E-state index is 13.1. The Morgan fingerprint density at radius 1 is 1.08 bits per heavy atom. The molecule has 25 heavy (non-hydrogen) atoms. The molecule has 1 aromatic carbocycles. The lowest BCUT2D eigenvalue weighted by Crippen LogP contribution is -2.31. The van der Waals surface area contributed by atoms with Crippen molar-refractivity contribution in [2.24, 2.45) is 7.05 Å². The third-order valence-electron chi connectivity index (χ3n) is 3.99. The number of thiophene rings is 1. The standard InChI is InChI=1S/C18H19ClN2O2S2/c1-20-10-4-7-16(20)12-21(13-17-8-5-11-24-17)25(22,23)14-15-6-2-3-9-18(15)19/h2-11H,12-14H2,1H3. The monoisotopic (exact) mass is 394 g/mol. The number of hydrogen-bond donors (Lipinski definition) is 0. The third-order valence-corrected chi connectivity index (χ3v) is 6.94. The molecular weight excluding hydrogens is 376 g/mol. The van der Waals surface area contributed by atoms with E-state index >= 15 is 0 Å². The molecule has 0 fully saturated rings. The fraction of sp³-hybridized carbons (Fsp3) is 0.222. The molecule has 7 heteroatoms. The summed E-state index contributed by atoms with van der Waals surface area (Å²) in [6.07, 6.45) is 1.92. The molecule has 2 heterocycles. The van der Waals surface area contributed by atoms with Crippen LogP contribution in [-0.2, 0) is 35.9 Å². The lowest BCUT2D eigenvalue weighted by Gasteiger charge is -2.22. The summed E-state index contributed by atoms with van der Waals surface area (Å²) in [5.41, 5.74) is 1.56. The molecule has 0 atom stereocenters. The molecule has 0 aliphatic carbocycles. The van der Waals surface area contributed by atoms with Gasteiger partial charge in [0.05, 0.1) is 12.3 Å². The lowest BCUT2D eigenvalue weighted by molar-refractivity contribution is 0.395. The summed E-state index contributed by atoms with van der Waals surface area (Å²) in [6, 6.07) is 14.8. The van der Waals surface area contributed by atoms with Crippen LogP contribution in [0.25, 0.3) is 0 Å². The van der Waals surface area contributed by atoms with E-state index in [1.165, 1.54) is 4.31 Å². The first kappa shape index (κ1) is 18.2. The molecule has 0 unspecified atom stereocenters. The summed E-state index contributed by atoms with van der Waals surface area (Å²) in [7, 11) is -1.61. The SMILES string of the molecule is Cn1cccc1CN(Cc1cccs1)S(=O)(=O)Cc1ccccc1Cl. The lowest BCUT2D eigenvalue weighted by atomic mass is 10.2. The topological polar surface area (TPSA) is 42.3 Å². The van der Waals surface area contributed by atoms with Crippen molar-refractivity contribution in [1.29, 1.82) is 0 Å². The van der Waals surface area contributed by atoms with Crippen molar-refractivity contribution in [3.8, 4) is 0 Å². The highest BCUT2D eigenvalue weighted by molar-refractivity contribution is 7.88. The third kappa shape index (κ3) is 4.52. The summed E-state index contributed by atoms with van der Waals surface area (Å²) in [5, 5.41) is 2.43. The van der Waals surface area contributed by atoms with Crippen LogP contribution in [0.1, 0.15) is 16.1 Å². The zero-order valence-corrected chi connectivity index (χ0v) is 16.2. The van der Waals surface area contributed by atoms with Gasteiger partial charge in [-0.3, -0.25) is 0 Å². The van der Waals surface area contributed by atoms with Gasteiger partial charge in [0.15, 0.2) is 0 Å². The molecule has 0 saturated heterocycles. The van der Waals surface area contributed by atoms with Gasteiger partial charge in [0.25, 0.3) is 0 Å². The molecule has 3 aromatic rings. The Bertz CT molecular complexity index is 934. The summed E-state index contributed by atoms with van der Waals surface area (Å²) in [5.74, 6) is -0.109. The number of nitrogens with zero attached hydrogens (tertiary/aromatic N) is 2. The van der Waals surface area contributed by atoms with Crippen molar-refractivity contribution in [2.45, 2.75) is 18.8 Å². The molecule has 0 radical (unpaired) electrons. The molecule has 2 aromatic heterocycles. The average molecular weight is 395 g/mol. The van der Waals surface area contributed by atoms with Gasteiger partial charge in [-0.05, 0) is 35.2 Å². The van der Waals surface area contributed by atoms with Gasteiger partial charge in [-0.2, -0.15) is 4.31 Å². The fourth-order valence-corrected chi connectivity index (χ4v) is 5.15. The van der Waals surface area contributed by atoms with Crippen molar-refractivity contribution < 1.29 is 8.42 Å². The molecule has 0 spiro atoms. The van der Waals surface area contributed by atoms with Crippen LogP contribution >= 0.6 is 22.9 Å². The molecule has 132 valence electrons. The Labute approximate surface area is 157 Å². The zero-order valence-electron chi connectivity index (χ0n) is 13.8. The summed E-state index contributed by atoms with van der Waals surface area (Å²) in [4.78, 5) is 1.01. The molecule has 0 aliphatic rings. The molecule has 0 aliphatic heterocycles. The Morgan fingerprint density at radius 2 is 1.88 bits per heavy atom. The fourth-order valence-electron chi connectivity index (χ4n) is 2.57. The van der Waals surface area contributed by atoms with E-state index in [1.807, 2.05) is 47.5 Å². The maximum atomic E-state index is 13.1. The Morgan fingerprint density at radius 3 is 2.52 bits per heavy atom. The minimum atomic E-state index is -3.52. The number of aryl methyl sites for hydroxylation is 1. The molecule has 0 amide bonds. The first-order chi connectivity index (χ1) is 12.0. The van der Waals surface area contributed by atoms with Crippen molar-refractivity contribution in [3.63, 3.8) is 0 Å². The zero-order chi connectivity index (χ0) is 17.9. The van der Waals surface area contributed by atoms with E-state index in [-0.39, 0.29) is 5.75 Å². The van der Waals surface area contributed by atoms with Crippen LogP contribution in [0.15, 0.2) is 60.1 Å². The van der Waals surface area contributed by atoms with Gasteiger partial charge < -0.3 is 4.57 Å². The smallest absolute Gasteiger partial charge is 0.219 e. The number of benzene rings is 1. The van der Waals surface area contributed by atoms with Crippen molar-refractivity contribution in [3.05, 3.63) is 81.3 Å². The predicted octanol–water partition coefficient (Wildman–Crippen LogP) is 4.27. The summed E-state index contributed by atoms with van der Waals surface area (Å²) < 4.78 is 29.6. The van der Waals surface area contributed by atoms with E-state index in [1.54, 1.807) is 35.6 Å². The number of hydrogen-bond acceptors (Lipinski definition) is 3. The van der Waals surface area contributed by atoms with Gasteiger partial charge >= 0.3 is 0 Å². The van der Waals surface area contributed by atoms with Gasteiger partial charge in [-0.15, -0.1) is 11.3 Å². The first-order valence-corrected chi connectivity index (χ1v) is 10.7. The van der Waals surface area contributed by atoms with E-state index in [4.69, 9.17) is 11.6 Å². The molecule has 3 rings (SSSR count). The van der Waals surface area contributed by atoms with E-state index in [0.29, 0.717) is 23.7 Å². The van der Waals surface area contributed by atoms with E-state index in [0.717, 1.165) is 10.6 Å². The minimum absolute atomic E-state index is 0.109. The normalized spacial score (nSPS) is 12.0. The number of rotatable bonds is 7. The second-order valence-corrected chi connectivity index (χ2v) is 9.21. The van der Waals surface area contributed by atoms with Crippen LogP contribution < -0.4 is 0 Å². The van der Waals surface area contributed by atoms with Crippen LogP contribution in [0.4, 0.5) is 0 Å².